The molecule has 13 heavy (non-hydrogen) atoms. The molecule has 0 saturated heterocycles. The number of nitrogens with two attached hydrogens (primary N) is 1. The van der Waals surface area contributed by atoms with E-state index in [9.17, 15) is 0 Å². The lowest BCUT2D eigenvalue weighted by molar-refractivity contribution is 0.548. The van der Waals surface area contributed by atoms with E-state index in [1.807, 2.05) is 32.9 Å². The first-order valence-corrected chi connectivity index (χ1v) is 4.43. The molecule has 3 nitrogen and oxygen atoms in total. The third-order valence-corrected chi connectivity index (χ3v) is 1.72. The Bertz CT molecular complexity index is 276. The molecule has 0 saturated carbocycles. The predicted molar refractivity (Wildman–Crippen MR) is 55.7 cm³/mol. The molecule has 1 aromatic heterocycles. The van der Waals surface area contributed by atoms with Crippen molar-refractivity contribution in [2.45, 2.75) is 26.3 Å². The van der Waals surface area contributed by atoms with Gasteiger partial charge in [-0.2, -0.15) is 0 Å². The van der Waals surface area contributed by atoms with Crippen LogP contribution in [0.5, 0.6) is 0 Å². The van der Waals surface area contributed by atoms with E-state index in [2.05, 4.69) is 10.3 Å². The molecule has 0 unspecified atom stereocenters. The van der Waals surface area contributed by atoms with Crippen LogP contribution in [0.2, 0.25) is 0 Å². The molecule has 1 rings (SSSR count). The topological polar surface area (TPSA) is 50.9 Å². The van der Waals surface area contributed by atoms with E-state index in [1.165, 1.54) is 0 Å². The number of pyridine rings is 1. The number of anilines is 1. The molecule has 0 bridgehead atoms. The highest BCUT2D eigenvalue weighted by Gasteiger charge is 2.10. The summed E-state index contributed by atoms with van der Waals surface area (Å²) in [6.45, 7) is 6.72. The highest BCUT2D eigenvalue weighted by molar-refractivity contribution is 5.42. The monoisotopic (exact) mass is 179 g/mol. The number of aryl methyl sites for hydroxylation is 1. The van der Waals surface area contributed by atoms with Crippen molar-refractivity contribution < 1.29 is 0 Å². The Morgan fingerprint density at radius 2 is 2.23 bits per heavy atom. The molecule has 0 aliphatic rings. The molecule has 72 valence electrons. The molecule has 0 fully saturated rings. The van der Waals surface area contributed by atoms with Crippen LogP contribution in [0.25, 0.3) is 0 Å². The highest BCUT2D eigenvalue weighted by Crippen LogP contribution is 2.09. The molecule has 1 heterocycles. The third kappa shape index (κ3) is 3.42. The summed E-state index contributed by atoms with van der Waals surface area (Å²) in [5, 5.41) is 3.22. The molecular formula is C10H17N3. The highest BCUT2D eigenvalue weighted by atomic mass is 15.0. The van der Waals surface area contributed by atoms with Gasteiger partial charge in [-0.3, -0.25) is 0 Å². The van der Waals surface area contributed by atoms with Crippen LogP contribution in [0.15, 0.2) is 18.3 Å². The van der Waals surface area contributed by atoms with Crippen molar-refractivity contribution in [3.05, 3.63) is 23.9 Å². The summed E-state index contributed by atoms with van der Waals surface area (Å²) >= 11 is 0. The summed E-state index contributed by atoms with van der Waals surface area (Å²) in [5.41, 5.74) is 6.78. The Balaban J connectivity index is 2.60. The second-order valence-corrected chi connectivity index (χ2v) is 4.01. The van der Waals surface area contributed by atoms with Gasteiger partial charge in [-0.25, -0.2) is 4.98 Å². The van der Waals surface area contributed by atoms with Crippen molar-refractivity contribution in [3.63, 3.8) is 0 Å². The van der Waals surface area contributed by atoms with E-state index in [1.54, 1.807) is 6.20 Å². The number of hydrogen-bond acceptors (Lipinski definition) is 3. The van der Waals surface area contributed by atoms with E-state index in [0.717, 1.165) is 17.9 Å². The summed E-state index contributed by atoms with van der Waals surface area (Å²) in [7, 11) is 0. The van der Waals surface area contributed by atoms with Gasteiger partial charge < -0.3 is 11.1 Å². The van der Waals surface area contributed by atoms with E-state index in [4.69, 9.17) is 5.73 Å². The van der Waals surface area contributed by atoms with Crippen molar-refractivity contribution in [2.75, 3.05) is 11.9 Å². The number of rotatable bonds is 3. The smallest absolute Gasteiger partial charge is 0.128 e. The van der Waals surface area contributed by atoms with Gasteiger partial charge in [0.2, 0.25) is 0 Å². The molecule has 0 aliphatic carbocycles. The van der Waals surface area contributed by atoms with Crippen LogP contribution in [-0.4, -0.2) is 17.1 Å². The van der Waals surface area contributed by atoms with Crippen LogP contribution in [0.3, 0.4) is 0 Å². The molecule has 1 aromatic rings. The molecule has 3 heteroatoms. The summed E-state index contributed by atoms with van der Waals surface area (Å²) in [6.07, 6.45) is 1.78. The van der Waals surface area contributed by atoms with Gasteiger partial charge in [-0.1, -0.05) is 6.07 Å². The zero-order valence-electron chi connectivity index (χ0n) is 8.46. The number of aromatic nitrogens is 1. The summed E-state index contributed by atoms with van der Waals surface area (Å²) < 4.78 is 0. The molecular weight excluding hydrogens is 162 g/mol. The first-order valence-electron chi connectivity index (χ1n) is 4.43. The maximum Gasteiger partial charge on any atom is 0.128 e. The Morgan fingerprint density at radius 3 is 2.77 bits per heavy atom. The first kappa shape index (κ1) is 9.99. The van der Waals surface area contributed by atoms with Crippen LogP contribution in [0.1, 0.15) is 19.4 Å². The van der Waals surface area contributed by atoms with Crippen LogP contribution in [0, 0.1) is 6.92 Å². The van der Waals surface area contributed by atoms with Gasteiger partial charge in [0, 0.05) is 18.3 Å². The van der Waals surface area contributed by atoms with E-state index >= 15 is 0 Å². The van der Waals surface area contributed by atoms with Crippen LogP contribution < -0.4 is 11.1 Å². The van der Waals surface area contributed by atoms with Crippen molar-refractivity contribution >= 4 is 5.82 Å². The fourth-order valence-corrected chi connectivity index (χ4v) is 0.982. The van der Waals surface area contributed by atoms with Gasteiger partial charge in [0.25, 0.3) is 0 Å². The third-order valence-electron chi connectivity index (χ3n) is 1.72. The van der Waals surface area contributed by atoms with Gasteiger partial charge in [0.15, 0.2) is 0 Å². The SMILES string of the molecule is Cc1cccnc1NCC(C)(C)N. The molecule has 0 aromatic carbocycles. The van der Waals surface area contributed by atoms with E-state index in [-0.39, 0.29) is 5.54 Å². The lowest BCUT2D eigenvalue weighted by Gasteiger charge is -2.19. The zero-order valence-corrected chi connectivity index (χ0v) is 8.46. The van der Waals surface area contributed by atoms with Gasteiger partial charge in [-0.15, -0.1) is 0 Å². The van der Waals surface area contributed by atoms with Crippen molar-refractivity contribution in [3.8, 4) is 0 Å². The average Bonchev–Trinajstić information content (AvgIpc) is 2.01. The molecule has 0 radical (unpaired) electrons. The Labute approximate surface area is 79.4 Å². The maximum absolute atomic E-state index is 5.84. The van der Waals surface area contributed by atoms with E-state index < -0.39 is 0 Å². The molecule has 0 aliphatic heterocycles. The van der Waals surface area contributed by atoms with Crippen LogP contribution in [-0.2, 0) is 0 Å². The van der Waals surface area contributed by atoms with Crippen molar-refractivity contribution in [1.82, 2.24) is 4.98 Å². The normalized spacial score (nSPS) is 11.4. The van der Waals surface area contributed by atoms with Crippen LogP contribution >= 0.6 is 0 Å². The summed E-state index contributed by atoms with van der Waals surface area (Å²) in [5.74, 6) is 0.918. The quantitative estimate of drug-likeness (QED) is 0.740. The molecule has 3 N–H and O–H groups in total. The Morgan fingerprint density at radius 1 is 1.54 bits per heavy atom. The maximum atomic E-state index is 5.84. The van der Waals surface area contributed by atoms with Crippen molar-refractivity contribution in [2.24, 2.45) is 5.73 Å². The minimum Gasteiger partial charge on any atom is -0.368 e. The molecule has 0 atom stereocenters. The second-order valence-electron chi connectivity index (χ2n) is 4.01. The Kier molecular flexibility index (Phi) is 2.88. The number of nitrogens with one attached hydrogen (secondary N) is 1. The van der Waals surface area contributed by atoms with Gasteiger partial charge in [0.05, 0.1) is 0 Å². The van der Waals surface area contributed by atoms with Gasteiger partial charge in [0.1, 0.15) is 5.82 Å². The fourth-order valence-electron chi connectivity index (χ4n) is 0.982. The zero-order chi connectivity index (χ0) is 9.90. The second kappa shape index (κ2) is 3.75. The van der Waals surface area contributed by atoms with Gasteiger partial charge in [-0.05, 0) is 32.4 Å². The number of hydrogen-bond donors (Lipinski definition) is 2. The minimum absolute atomic E-state index is 0.204. The van der Waals surface area contributed by atoms with Crippen LogP contribution in [0.4, 0.5) is 5.82 Å². The largest absolute Gasteiger partial charge is 0.368 e. The average molecular weight is 179 g/mol. The molecule has 0 amide bonds. The number of nitrogens with zero attached hydrogens (tertiary/aromatic N) is 1. The fraction of sp³-hybridized carbons (Fsp3) is 0.500. The summed E-state index contributed by atoms with van der Waals surface area (Å²) in [6, 6.07) is 3.95. The molecule has 0 spiro atoms. The lowest BCUT2D eigenvalue weighted by atomic mass is 10.1. The van der Waals surface area contributed by atoms with E-state index in [0.29, 0.717) is 0 Å². The summed E-state index contributed by atoms with van der Waals surface area (Å²) in [4.78, 5) is 4.21. The standard InChI is InChI=1S/C10H17N3/c1-8-5-4-6-12-9(8)13-7-10(2,3)11/h4-6H,7,11H2,1-3H3,(H,12,13). The van der Waals surface area contributed by atoms with Crippen molar-refractivity contribution in [1.29, 1.82) is 0 Å². The predicted octanol–water partition coefficient (Wildman–Crippen LogP) is 1.54. The Hall–Kier alpha value is -1.09. The lowest BCUT2D eigenvalue weighted by Crippen LogP contribution is -2.39. The first-order chi connectivity index (χ1) is 5.99. The minimum atomic E-state index is -0.204. The van der Waals surface area contributed by atoms with Gasteiger partial charge >= 0.3 is 0 Å².